The fraction of sp³-hybridized carbons (Fsp3) is 0.286. The van der Waals surface area contributed by atoms with E-state index in [2.05, 4.69) is 26.7 Å². The lowest BCUT2D eigenvalue weighted by molar-refractivity contribution is -0.124. The topological polar surface area (TPSA) is 141 Å². The molecule has 1 fully saturated rings. The van der Waals surface area contributed by atoms with Gasteiger partial charge in [-0.3, -0.25) is 20.3 Å². The van der Waals surface area contributed by atoms with Crippen molar-refractivity contribution in [2.45, 2.75) is 18.9 Å². The molecule has 1 saturated heterocycles. The van der Waals surface area contributed by atoms with Crippen LogP contribution in [-0.2, 0) is 9.59 Å². The third kappa shape index (κ3) is 4.68. The normalized spacial score (nSPS) is 17.3. The van der Waals surface area contributed by atoms with E-state index in [9.17, 15) is 19.5 Å². The average Bonchev–Trinajstić information content (AvgIpc) is 2.54. The maximum absolute atomic E-state index is 11.7. The molecule has 5 N–H and O–H groups in total. The Morgan fingerprint density at radius 1 is 1.46 bits per heavy atom. The van der Waals surface area contributed by atoms with Crippen LogP contribution >= 0.6 is 0 Å². The Balaban J connectivity index is 1.77. The standard InChI is InChI=1S/C14H17N5O5/c1-24-11-4-2-8(6-10(11)20)7-15-18-12(21)5-3-9-13(22)16-14(23)19-17-9/h2,4,6-7,9,17,20H,3,5H2,1H3,(H,18,21)(H2,16,19,22,23)/b15-7+. The summed E-state index contributed by atoms with van der Waals surface area (Å²) >= 11 is 0. The second kappa shape index (κ2) is 7.92. The SMILES string of the molecule is COc1ccc(/C=N/NC(=O)CCC2NNC(=O)NC2=O)cc1O. The lowest BCUT2D eigenvalue weighted by Gasteiger charge is -2.22. The lowest BCUT2D eigenvalue weighted by Crippen LogP contribution is -2.62. The van der Waals surface area contributed by atoms with Crippen molar-refractivity contribution in [1.82, 2.24) is 21.6 Å². The molecule has 1 atom stereocenters. The molecule has 24 heavy (non-hydrogen) atoms. The lowest BCUT2D eigenvalue weighted by atomic mass is 10.1. The van der Waals surface area contributed by atoms with Gasteiger partial charge in [0.15, 0.2) is 11.5 Å². The first kappa shape index (κ1) is 17.2. The van der Waals surface area contributed by atoms with Crippen molar-refractivity contribution in [1.29, 1.82) is 0 Å². The number of amides is 4. The van der Waals surface area contributed by atoms with Gasteiger partial charge in [0, 0.05) is 6.42 Å². The van der Waals surface area contributed by atoms with Crippen molar-refractivity contribution in [3.63, 3.8) is 0 Å². The molecule has 1 aliphatic rings. The van der Waals surface area contributed by atoms with Crippen LogP contribution in [0.1, 0.15) is 18.4 Å². The highest BCUT2D eigenvalue weighted by Gasteiger charge is 2.25. The van der Waals surface area contributed by atoms with Gasteiger partial charge in [0.25, 0.3) is 0 Å². The molecule has 1 aromatic carbocycles. The number of rotatable bonds is 6. The van der Waals surface area contributed by atoms with Gasteiger partial charge in [0.2, 0.25) is 11.8 Å². The Morgan fingerprint density at radius 2 is 2.25 bits per heavy atom. The minimum atomic E-state index is -0.684. The summed E-state index contributed by atoms with van der Waals surface area (Å²) in [6.07, 6.45) is 1.59. The summed E-state index contributed by atoms with van der Waals surface area (Å²) in [6.45, 7) is 0. The van der Waals surface area contributed by atoms with Crippen molar-refractivity contribution in [3.8, 4) is 11.5 Å². The fourth-order valence-corrected chi connectivity index (χ4v) is 1.95. The van der Waals surface area contributed by atoms with E-state index < -0.39 is 23.9 Å². The van der Waals surface area contributed by atoms with E-state index >= 15 is 0 Å². The van der Waals surface area contributed by atoms with Crippen molar-refractivity contribution in [2.75, 3.05) is 7.11 Å². The Bertz CT molecular complexity index is 676. The minimum Gasteiger partial charge on any atom is -0.504 e. The van der Waals surface area contributed by atoms with Crippen LogP contribution in [0.25, 0.3) is 0 Å². The summed E-state index contributed by atoms with van der Waals surface area (Å²) in [6, 6.07) is 3.35. The third-order valence-corrected chi connectivity index (χ3v) is 3.18. The van der Waals surface area contributed by atoms with Gasteiger partial charge in [0.1, 0.15) is 6.04 Å². The molecule has 4 amide bonds. The molecule has 1 aromatic rings. The summed E-state index contributed by atoms with van der Waals surface area (Å²) in [5, 5.41) is 15.5. The molecule has 1 heterocycles. The van der Waals surface area contributed by atoms with E-state index in [-0.39, 0.29) is 18.6 Å². The molecule has 1 aliphatic heterocycles. The number of phenolic OH excluding ortho intramolecular Hbond substituents is 1. The number of hydrogen-bond donors (Lipinski definition) is 5. The van der Waals surface area contributed by atoms with E-state index in [0.717, 1.165) is 0 Å². The quantitative estimate of drug-likeness (QED) is 0.345. The van der Waals surface area contributed by atoms with E-state index in [4.69, 9.17) is 4.74 Å². The van der Waals surface area contributed by atoms with E-state index in [1.165, 1.54) is 19.4 Å². The maximum atomic E-state index is 11.7. The summed E-state index contributed by atoms with van der Waals surface area (Å²) < 4.78 is 4.92. The molecule has 0 aromatic heterocycles. The van der Waals surface area contributed by atoms with Gasteiger partial charge < -0.3 is 9.84 Å². The van der Waals surface area contributed by atoms with Gasteiger partial charge >= 0.3 is 6.03 Å². The van der Waals surface area contributed by atoms with Crippen LogP contribution < -0.4 is 26.3 Å². The Morgan fingerprint density at radius 3 is 2.92 bits per heavy atom. The first-order valence-electron chi connectivity index (χ1n) is 7.05. The molecule has 0 bridgehead atoms. The number of carbonyl (C=O) groups excluding carboxylic acids is 3. The number of hydrazine groups is 1. The summed E-state index contributed by atoms with van der Waals surface area (Å²) in [5.41, 5.74) is 7.64. The molecule has 0 aliphatic carbocycles. The fourth-order valence-electron chi connectivity index (χ4n) is 1.95. The average molecular weight is 335 g/mol. The van der Waals surface area contributed by atoms with Gasteiger partial charge in [-0.1, -0.05) is 0 Å². The van der Waals surface area contributed by atoms with E-state index in [1.54, 1.807) is 12.1 Å². The van der Waals surface area contributed by atoms with Crippen LogP contribution in [0.15, 0.2) is 23.3 Å². The summed E-state index contributed by atoms with van der Waals surface area (Å²) in [5.74, 6) is -0.593. The number of nitrogens with one attached hydrogen (secondary N) is 4. The third-order valence-electron chi connectivity index (χ3n) is 3.18. The molecule has 2 rings (SSSR count). The Hall–Kier alpha value is -3.14. The number of phenols is 1. The van der Waals surface area contributed by atoms with Gasteiger partial charge in [-0.15, -0.1) is 0 Å². The number of hydrazone groups is 1. The molecule has 128 valence electrons. The number of carbonyl (C=O) groups is 3. The van der Waals surface area contributed by atoms with Gasteiger partial charge in [-0.2, -0.15) is 5.10 Å². The zero-order valence-corrected chi connectivity index (χ0v) is 12.8. The molecule has 1 unspecified atom stereocenters. The molecule has 10 heteroatoms. The van der Waals surface area contributed by atoms with Crippen LogP contribution in [0.5, 0.6) is 11.5 Å². The van der Waals surface area contributed by atoms with Crippen molar-refractivity contribution in [2.24, 2.45) is 5.10 Å². The van der Waals surface area contributed by atoms with E-state index in [0.29, 0.717) is 11.3 Å². The molecule has 0 spiro atoms. The van der Waals surface area contributed by atoms with Crippen LogP contribution in [0.2, 0.25) is 0 Å². The number of aromatic hydroxyl groups is 1. The van der Waals surface area contributed by atoms with Crippen LogP contribution in [-0.4, -0.2) is 42.3 Å². The zero-order valence-electron chi connectivity index (χ0n) is 12.8. The number of nitrogens with zero attached hydrogens (tertiary/aromatic N) is 1. The number of imide groups is 1. The number of urea groups is 1. The van der Waals surface area contributed by atoms with Crippen molar-refractivity contribution in [3.05, 3.63) is 23.8 Å². The number of ether oxygens (including phenoxy) is 1. The predicted octanol–water partition coefficient (Wildman–Crippen LogP) is -0.656. The predicted molar refractivity (Wildman–Crippen MR) is 83.2 cm³/mol. The van der Waals surface area contributed by atoms with Crippen molar-refractivity contribution < 1.29 is 24.2 Å². The largest absolute Gasteiger partial charge is 0.504 e. The highest BCUT2D eigenvalue weighted by Crippen LogP contribution is 2.25. The minimum absolute atomic E-state index is 0.0339. The molecule has 0 saturated carbocycles. The Kier molecular flexibility index (Phi) is 5.68. The second-order valence-corrected chi connectivity index (χ2v) is 4.90. The molecular formula is C14H17N5O5. The van der Waals surface area contributed by atoms with Crippen LogP contribution in [0.4, 0.5) is 4.79 Å². The van der Waals surface area contributed by atoms with Gasteiger partial charge in [0.05, 0.1) is 13.3 Å². The molecule has 10 nitrogen and oxygen atoms in total. The summed E-state index contributed by atoms with van der Waals surface area (Å²) in [4.78, 5) is 34.0. The number of hydrogen-bond acceptors (Lipinski definition) is 7. The van der Waals surface area contributed by atoms with E-state index in [1.807, 2.05) is 0 Å². The monoisotopic (exact) mass is 335 g/mol. The maximum Gasteiger partial charge on any atom is 0.335 e. The highest BCUT2D eigenvalue weighted by atomic mass is 16.5. The highest BCUT2D eigenvalue weighted by molar-refractivity contribution is 5.99. The first-order chi connectivity index (χ1) is 11.5. The van der Waals surface area contributed by atoms with Crippen molar-refractivity contribution >= 4 is 24.1 Å². The summed E-state index contributed by atoms with van der Waals surface area (Å²) in [7, 11) is 1.44. The molecule has 0 radical (unpaired) electrons. The van der Waals surface area contributed by atoms with Crippen LogP contribution in [0, 0.1) is 0 Å². The zero-order chi connectivity index (χ0) is 17.5. The van der Waals surface area contributed by atoms with Crippen LogP contribution in [0.3, 0.4) is 0 Å². The molecular weight excluding hydrogens is 318 g/mol. The van der Waals surface area contributed by atoms with Gasteiger partial charge in [-0.05, 0) is 30.2 Å². The Labute approximate surface area is 137 Å². The van der Waals surface area contributed by atoms with Gasteiger partial charge in [-0.25, -0.2) is 15.6 Å². The first-order valence-corrected chi connectivity index (χ1v) is 7.05. The smallest absolute Gasteiger partial charge is 0.335 e. The second-order valence-electron chi connectivity index (χ2n) is 4.90. The number of methoxy groups -OCH3 is 1. The number of benzene rings is 1.